The number of carboxylic acid groups (broad SMARTS) is 1. The average Bonchev–Trinajstić information content (AvgIpc) is 3.21. The average molecular weight is 381 g/mol. The van der Waals surface area contributed by atoms with Crippen LogP contribution in [0.5, 0.6) is 5.75 Å². The van der Waals surface area contributed by atoms with Crippen molar-refractivity contribution in [2.75, 3.05) is 13.7 Å². The van der Waals surface area contributed by atoms with Gasteiger partial charge in [-0.1, -0.05) is 43.2 Å². The predicted molar refractivity (Wildman–Crippen MR) is 108 cm³/mol. The summed E-state index contributed by atoms with van der Waals surface area (Å²) in [4.78, 5) is 23.8. The van der Waals surface area contributed by atoms with Crippen LogP contribution in [0.1, 0.15) is 53.6 Å². The monoisotopic (exact) mass is 381 g/mol. The van der Waals surface area contributed by atoms with Gasteiger partial charge in [0.15, 0.2) is 0 Å². The first kappa shape index (κ1) is 19.9. The van der Waals surface area contributed by atoms with Gasteiger partial charge in [0.25, 0.3) is 0 Å². The molecule has 2 aromatic rings. The Kier molecular flexibility index (Phi) is 6.34. The molecule has 1 amide bonds. The molecule has 28 heavy (non-hydrogen) atoms. The number of carbonyl (C=O) groups is 2. The molecule has 5 heteroatoms. The lowest BCUT2D eigenvalue weighted by Gasteiger charge is -2.30. The van der Waals surface area contributed by atoms with Crippen LogP contribution in [0.2, 0.25) is 0 Å². The van der Waals surface area contributed by atoms with Crippen molar-refractivity contribution in [3.8, 4) is 5.75 Å². The highest BCUT2D eigenvalue weighted by molar-refractivity contribution is 5.89. The molecule has 0 bridgehead atoms. The molecule has 3 rings (SSSR count). The lowest BCUT2D eigenvalue weighted by Crippen LogP contribution is -2.39. The summed E-state index contributed by atoms with van der Waals surface area (Å²) in [7, 11) is 1.66. The molecule has 0 aromatic heterocycles. The number of methoxy groups -OCH3 is 1. The zero-order chi connectivity index (χ0) is 20.0. The van der Waals surface area contributed by atoms with Crippen LogP contribution < -0.4 is 10.1 Å². The first-order valence-corrected chi connectivity index (χ1v) is 9.76. The van der Waals surface area contributed by atoms with Crippen molar-refractivity contribution in [1.82, 2.24) is 5.32 Å². The van der Waals surface area contributed by atoms with Gasteiger partial charge in [-0.05, 0) is 48.6 Å². The molecule has 0 heterocycles. The standard InChI is InChI=1S/C23H27NO4/c1-28-19-9-6-8-18(15-19)23(13-4-5-14-23)16-24-21(25)12-11-17-7-2-3-10-20(17)22(26)27/h2-3,6-10,15H,4-5,11-14,16H2,1H3,(H,24,25)(H,26,27). The third-order valence-electron chi connectivity index (χ3n) is 5.74. The molecule has 0 unspecified atom stereocenters. The summed E-state index contributed by atoms with van der Waals surface area (Å²) in [6, 6.07) is 15.0. The van der Waals surface area contributed by atoms with Crippen LogP contribution in [0, 0.1) is 0 Å². The number of aromatic carboxylic acids is 1. The largest absolute Gasteiger partial charge is 0.497 e. The SMILES string of the molecule is COc1cccc(C2(CNC(=O)CCc3ccccc3C(=O)O)CCCC2)c1. The second-order valence-corrected chi connectivity index (χ2v) is 7.46. The van der Waals surface area contributed by atoms with Crippen molar-refractivity contribution >= 4 is 11.9 Å². The molecule has 148 valence electrons. The zero-order valence-corrected chi connectivity index (χ0v) is 16.2. The minimum Gasteiger partial charge on any atom is -0.497 e. The zero-order valence-electron chi connectivity index (χ0n) is 16.2. The Bertz CT molecular complexity index is 840. The quantitative estimate of drug-likeness (QED) is 0.726. The number of aryl methyl sites for hydroxylation is 1. The molecular formula is C23H27NO4. The fourth-order valence-corrected chi connectivity index (χ4v) is 4.12. The summed E-state index contributed by atoms with van der Waals surface area (Å²) >= 11 is 0. The van der Waals surface area contributed by atoms with E-state index in [1.165, 1.54) is 5.56 Å². The van der Waals surface area contributed by atoms with E-state index in [-0.39, 0.29) is 23.3 Å². The number of carboxylic acids is 1. The molecule has 2 N–H and O–H groups in total. The summed E-state index contributed by atoms with van der Waals surface area (Å²) in [5.41, 5.74) is 2.11. The second-order valence-electron chi connectivity index (χ2n) is 7.46. The molecule has 2 aromatic carbocycles. The summed E-state index contributed by atoms with van der Waals surface area (Å²) < 4.78 is 5.37. The topological polar surface area (TPSA) is 75.6 Å². The van der Waals surface area contributed by atoms with Crippen LogP contribution in [0.4, 0.5) is 0 Å². The van der Waals surface area contributed by atoms with E-state index in [1.807, 2.05) is 12.1 Å². The molecule has 0 atom stereocenters. The van der Waals surface area contributed by atoms with Crippen LogP contribution in [0.15, 0.2) is 48.5 Å². The Morgan fingerprint density at radius 3 is 2.57 bits per heavy atom. The Morgan fingerprint density at radius 2 is 1.86 bits per heavy atom. The lowest BCUT2D eigenvalue weighted by atomic mass is 9.78. The number of hydrogen-bond acceptors (Lipinski definition) is 3. The van der Waals surface area contributed by atoms with E-state index in [2.05, 4.69) is 17.4 Å². The molecule has 1 aliphatic rings. The highest BCUT2D eigenvalue weighted by atomic mass is 16.5. The highest BCUT2D eigenvalue weighted by Crippen LogP contribution is 2.41. The minimum absolute atomic E-state index is 0.0469. The number of rotatable bonds is 8. The number of nitrogens with one attached hydrogen (secondary N) is 1. The molecule has 0 saturated heterocycles. The maximum absolute atomic E-state index is 12.5. The van der Waals surface area contributed by atoms with Crippen molar-refractivity contribution < 1.29 is 19.4 Å². The molecule has 0 radical (unpaired) electrons. The van der Waals surface area contributed by atoms with Crippen molar-refractivity contribution in [3.63, 3.8) is 0 Å². The van der Waals surface area contributed by atoms with Crippen LogP contribution in [-0.4, -0.2) is 30.6 Å². The minimum atomic E-state index is -0.959. The van der Waals surface area contributed by atoms with E-state index in [9.17, 15) is 14.7 Å². The van der Waals surface area contributed by atoms with Gasteiger partial charge in [-0.15, -0.1) is 0 Å². The van der Waals surface area contributed by atoms with Gasteiger partial charge < -0.3 is 15.2 Å². The summed E-state index contributed by atoms with van der Waals surface area (Å²) in [6.45, 7) is 0.597. The first-order valence-electron chi connectivity index (χ1n) is 9.76. The van der Waals surface area contributed by atoms with Crippen LogP contribution in [0.3, 0.4) is 0 Å². The van der Waals surface area contributed by atoms with Gasteiger partial charge in [0.2, 0.25) is 5.91 Å². The lowest BCUT2D eigenvalue weighted by molar-refractivity contribution is -0.121. The number of benzene rings is 2. The molecule has 1 aliphatic carbocycles. The van der Waals surface area contributed by atoms with Gasteiger partial charge in [0.05, 0.1) is 12.7 Å². The predicted octanol–water partition coefficient (Wildman–Crippen LogP) is 3.95. The van der Waals surface area contributed by atoms with E-state index in [0.29, 0.717) is 18.5 Å². The summed E-state index contributed by atoms with van der Waals surface area (Å²) in [5, 5.41) is 12.4. The van der Waals surface area contributed by atoms with Crippen molar-refractivity contribution in [2.24, 2.45) is 0 Å². The van der Waals surface area contributed by atoms with E-state index in [4.69, 9.17) is 4.74 Å². The molecular weight excluding hydrogens is 354 g/mol. The van der Waals surface area contributed by atoms with Gasteiger partial charge in [0, 0.05) is 18.4 Å². The van der Waals surface area contributed by atoms with Crippen LogP contribution in [0.25, 0.3) is 0 Å². The summed E-state index contributed by atoms with van der Waals surface area (Å²) in [6.07, 6.45) is 5.08. The Labute approximate surface area is 165 Å². The first-order chi connectivity index (χ1) is 13.5. The Morgan fingerprint density at radius 1 is 1.11 bits per heavy atom. The van der Waals surface area contributed by atoms with Gasteiger partial charge in [0.1, 0.15) is 5.75 Å². The third-order valence-corrected chi connectivity index (χ3v) is 5.74. The van der Waals surface area contributed by atoms with E-state index in [1.54, 1.807) is 31.4 Å². The second kappa shape index (κ2) is 8.91. The van der Waals surface area contributed by atoms with Gasteiger partial charge in [-0.2, -0.15) is 0 Å². The summed E-state index contributed by atoms with van der Waals surface area (Å²) in [5.74, 6) is -0.173. The van der Waals surface area contributed by atoms with E-state index in [0.717, 1.165) is 31.4 Å². The van der Waals surface area contributed by atoms with E-state index < -0.39 is 5.97 Å². The number of hydrogen-bond donors (Lipinski definition) is 2. The maximum Gasteiger partial charge on any atom is 0.335 e. The smallest absolute Gasteiger partial charge is 0.335 e. The molecule has 0 spiro atoms. The number of carbonyl (C=O) groups excluding carboxylic acids is 1. The van der Waals surface area contributed by atoms with Crippen molar-refractivity contribution in [1.29, 1.82) is 0 Å². The highest BCUT2D eigenvalue weighted by Gasteiger charge is 2.36. The van der Waals surface area contributed by atoms with Gasteiger partial charge >= 0.3 is 5.97 Å². The molecule has 1 fully saturated rings. The fourth-order valence-electron chi connectivity index (χ4n) is 4.12. The van der Waals surface area contributed by atoms with E-state index >= 15 is 0 Å². The van der Waals surface area contributed by atoms with Crippen molar-refractivity contribution in [3.05, 3.63) is 65.2 Å². The van der Waals surface area contributed by atoms with Crippen molar-refractivity contribution in [2.45, 2.75) is 43.9 Å². The third kappa shape index (κ3) is 4.53. The number of ether oxygens (including phenoxy) is 1. The molecule has 5 nitrogen and oxygen atoms in total. The Hall–Kier alpha value is -2.82. The molecule has 1 saturated carbocycles. The number of amides is 1. The van der Waals surface area contributed by atoms with Gasteiger partial charge in [-0.25, -0.2) is 4.79 Å². The fraction of sp³-hybridized carbons (Fsp3) is 0.391. The normalized spacial score (nSPS) is 15.2. The van der Waals surface area contributed by atoms with Crippen LogP contribution >= 0.6 is 0 Å². The molecule has 0 aliphatic heterocycles. The Balaban J connectivity index is 1.63. The van der Waals surface area contributed by atoms with Gasteiger partial charge in [-0.3, -0.25) is 4.79 Å². The van der Waals surface area contributed by atoms with Crippen LogP contribution in [-0.2, 0) is 16.6 Å². The maximum atomic E-state index is 12.5.